The van der Waals surface area contributed by atoms with Crippen LogP contribution in [0, 0.1) is 0 Å². The van der Waals surface area contributed by atoms with E-state index in [-0.39, 0.29) is 31.7 Å². The molecule has 1 aliphatic rings. The van der Waals surface area contributed by atoms with E-state index in [2.05, 4.69) is 5.32 Å². The number of halogens is 1. The number of amides is 1. The minimum absolute atomic E-state index is 0.0296. The lowest BCUT2D eigenvalue weighted by molar-refractivity contribution is -0.143. The molecule has 1 atom stereocenters. The molecule has 0 spiro atoms. The molecule has 136 valence electrons. The maximum Gasteiger partial charge on any atom is 0.308 e. The van der Waals surface area contributed by atoms with Crippen molar-refractivity contribution in [2.24, 2.45) is 0 Å². The van der Waals surface area contributed by atoms with Crippen molar-refractivity contribution in [2.45, 2.75) is 19.4 Å². The van der Waals surface area contributed by atoms with Gasteiger partial charge in [0.1, 0.15) is 0 Å². The maximum atomic E-state index is 12.7. The third-order valence-corrected chi connectivity index (χ3v) is 4.15. The minimum atomic E-state index is -0.521. The summed E-state index contributed by atoms with van der Waals surface area (Å²) in [6.07, 6.45) is 0.0296. The Morgan fingerprint density at radius 1 is 1.23 bits per heavy atom. The van der Waals surface area contributed by atoms with Gasteiger partial charge in [-0.2, -0.15) is 0 Å². The highest BCUT2D eigenvalue weighted by molar-refractivity contribution is 6.32. The lowest BCUT2D eigenvalue weighted by Crippen LogP contribution is -2.30. The molecule has 2 aromatic carbocycles. The van der Waals surface area contributed by atoms with Gasteiger partial charge in [-0.3, -0.25) is 9.59 Å². The van der Waals surface area contributed by atoms with Crippen LogP contribution in [0.15, 0.2) is 42.5 Å². The van der Waals surface area contributed by atoms with Crippen molar-refractivity contribution in [1.82, 2.24) is 5.32 Å². The van der Waals surface area contributed by atoms with E-state index in [1.54, 1.807) is 13.0 Å². The van der Waals surface area contributed by atoms with Crippen LogP contribution in [0.5, 0.6) is 11.5 Å². The zero-order valence-electron chi connectivity index (χ0n) is 14.2. The van der Waals surface area contributed by atoms with E-state index in [0.717, 1.165) is 5.56 Å². The van der Waals surface area contributed by atoms with Crippen molar-refractivity contribution in [3.05, 3.63) is 58.6 Å². The van der Waals surface area contributed by atoms with Gasteiger partial charge in [-0.1, -0.05) is 41.9 Å². The summed E-state index contributed by atoms with van der Waals surface area (Å²) in [4.78, 5) is 24.6. The van der Waals surface area contributed by atoms with Crippen LogP contribution >= 0.6 is 11.6 Å². The van der Waals surface area contributed by atoms with Gasteiger partial charge in [-0.15, -0.1) is 0 Å². The van der Waals surface area contributed by atoms with Crippen LogP contribution in [-0.4, -0.2) is 25.3 Å². The normalized spacial score (nSPS) is 13.2. The number of carbonyl (C=O) groups is 2. The predicted octanol–water partition coefficient (Wildman–Crippen LogP) is 3.49. The molecule has 2 aromatic rings. The third kappa shape index (κ3) is 4.08. The van der Waals surface area contributed by atoms with E-state index < -0.39 is 6.04 Å². The van der Waals surface area contributed by atoms with E-state index in [1.807, 2.05) is 30.3 Å². The summed E-state index contributed by atoms with van der Waals surface area (Å²) in [7, 11) is 0. The average molecular weight is 376 g/mol. The summed E-state index contributed by atoms with van der Waals surface area (Å²) in [5, 5.41) is 3.16. The average Bonchev–Trinajstić information content (AvgIpc) is 3.11. The third-order valence-electron chi connectivity index (χ3n) is 3.87. The lowest BCUT2D eigenvalue weighted by atomic mass is 10.0. The zero-order valence-corrected chi connectivity index (χ0v) is 14.9. The number of rotatable bonds is 6. The molecule has 0 fully saturated rings. The Labute approximate surface area is 156 Å². The van der Waals surface area contributed by atoms with E-state index >= 15 is 0 Å². The summed E-state index contributed by atoms with van der Waals surface area (Å²) in [6, 6.07) is 11.8. The number of ether oxygens (including phenoxy) is 3. The van der Waals surface area contributed by atoms with E-state index in [1.165, 1.54) is 6.07 Å². The quantitative estimate of drug-likeness (QED) is 0.782. The molecule has 0 aliphatic carbocycles. The van der Waals surface area contributed by atoms with Gasteiger partial charge < -0.3 is 19.5 Å². The van der Waals surface area contributed by atoms with Crippen LogP contribution in [0.25, 0.3) is 0 Å². The van der Waals surface area contributed by atoms with Crippen molar-refractivity contribution in [3.63, 3.8) is 0 Å². The molecule has 0 saturated heterocycles. The summed E-state index contributed by atoms with van der Waals surface area (Å²) >= 11 is 6.14. The van der Waals surface area contributed by atoms with Gasteiger partial charge in [0.2, 0.25) is 6.79 Å². The number of benzene rings is 2. The molecule has 0 aromatic heterocycles. The lowest BCUT2D eigenvalue weighted by Gasteiger charge is -2.19. The second-order valence-electron chi connectivity index (χ2n) is 5.64. The van der Waals surface area contributed by atoms with Gasteiger partial charge in [0.15, 0.2) is 11.5 Å². The molecule has 6 nitrogen and oxygen atoms in total. The molecule has 1 heterocycles. The van der Waals surface area contributed by atoms with Gasteiger partial charge in [-0.05, 0) is 24.6 Å². The van der Waals surface area contributed by atoms with E-state index in [9.17, 15) is 9.59 Å². The second kappa shape index (κ2) is 8.10. The van der Waals surface area contributed by atoms with Gasteiger partial charge in [-0.25, -0.2) is 0 Å². The van der Waals surface area contributed by atoms with Crippen molar-refractivity contribution < 1.29 is 23.8 Å². The second-order valence-corrected chi connectivity index (χ2v) is 6.04. The van der Waals surface area contributed by atoms with Crippen LogP contribution in [0.3, 0.4) is 0 Å². The Morgan fingerprint density at radius 3 is 2.73 bits per heavy atom. The number of fused-ring (bicyclic) bond motifs is 1. The smallest absolute Gasteiger partial charge is 0.308 e. The number of esters is 1. The van der Waals surface area contributed by atoms with Crippen molar-refractivity contribution >= 4 is 23.5 Å². The Morgan fingerprint density at radius 2 is 2.00 bits per heavy atom. The Balaban J connectivity index is 1.81. The topological polar surface area (TPSA) is 73.9 Å². The molecule has 7 heteroatoms. The molecule has 0 saturated carbocycles. The summed E-state index contributed by atoms with van der Waals surface area (Å²) in [5.41, 5.74) is 1.13. The molecule has 0 bridgehead atoms. The first-order chi connectivity index (χ1) is 12.6. The van der Waals surface area contributed by atoms with Crippen LogP contribution in [-0.2, 0) is 9.53 Å². The number of hydrogen-bond donors (Lipinski definition) is 1. The summed E-state index contributed by atoms with van der Waals surface area (Å²) in [6.45, 7) is 2.09. The van der Waals surface area contributed by atoms with Crippen LogP contribution < -0.4 is 14.8 Å². The summed E-state index contributed by atoms with van der Waals surface area (Å²) in [5.74, 6) is 0.0902. The molecule has 3 rings (SSSR count). The van der Waals surface area contributed by atoms with E-state index in [4.69, 9.17) is 25.8 Å². The number of carbonyl (C=O) groups excluding carboxylic acids is 2. The van der Waals surface area contributed by atoms with Crippen molar-refractivity contribution in [3.8, 4) is 11.5 Å². The van der Waals surface area contributed by atoms with Crippen LogP contribution in [0.2, 0.25) is 5.02 Å². The standard InChI is InChI=1S/C19H18ClNO5/c1-2-24-17(22)10-15(12-6-4-3-5-7-12)21-19(23)13-8-14(20)18-16(9-13)25-11-26-18/h3-9,15H,2,10-11H2,1H3,(H,21,23). The van der Waals surface area contributed by atoms with Crippen LogP contribution in [0.1, 0.15) is 35.3 Å². The maximum absolute atomic E-state index is 12.7. The highest BCUT2D eigenvalue weighted by Gasteiger charge is 2.24. The highest BCUT2D eigenvalue weighted by atomic mass is 35.5. The fraction of sp³-hybridized carbons (Fsp3) is 0.263. The Kier molecular flexibility index (Phi) is 5.63. The van der Waals surface area contributed by atoms with Gasteiger partial charge in [0, 0.05) is 5.56 Å². The molecular formula is C19H18ClNO5. The van der Waals surface area contributed by atoms with Crippen molar-refractivity contribution in [2.75, 3.05) is 13.4 Å². The fourth-order valence-corrected chi connectivity index (χ4v) is 2.93. The largest absolute Gasteiger partial charge is 0.466 e. The molecule has 0 radical (unpaired) electrons. The molecule has 1 amide bonds. The first-order valence-electron chi connectivity index (χ1n) is 8.19. The predicted molar refractivity (Wildman–Crippen MR) is 95.5 cm³/mol. The van der Waals surface area contributed by atoms with Gasteiger partial charge >= 0.3 is 5.97 Å². The molecule has 1 aliphatic heterocycles. The number of hydrogen-bond acceptors (Lipinski definition) is 5. The first-order valence-corrected chi connectivity index (χ1v) is 8.57. The number of nitrogens with one attached hydrogen (secondary N) is 1. The van der Waals surface area contributed by atoms with Gasteiger partial charge in [0.05, 0.1) is 24.1 Å². The molecule has 26 heavy (non-hydrogen) atoms. The van der Waals surface area contributed by atoms with E-state index in [0.29, 0.717) is 22.1 Å². The highest BCUT2D eigenvalue weighted by Crippen LogP contribution is 2.39. The zero-order chi connectivity index (χ0) is 18.5. The van der Waals surface area contributed by atoms with Crippen molar-refractivity contribution in [1.29, 1.82) is 0 Å². The first kappa shape index (κ1) is 18.1. The minimum Gasteiger partial charge on any atom is -0.466 e. The SMILES string of the molecule is CCOC(=O)CC(NC(=O)c1cc(Cl)c2c(c1)OCO2)c1ccccc1. The monoisotopic (exact) mass is 375 g/mol. The molecule has 1 unspecified atom stereocenters. The molecule has 1 N–H and O–H groups in total. The van der Waals surface area contributed by atoms with Crippen LogP contribution in [0.4, 0.5) is 0 Å². The Hall–Kier alpha value is -2.73. The fourth-order valence-electron chi connectivity index (χ4n) is 2.66. The Bertz CT molecular complexity index is 809. The summed E-state index contributed by atoms with van der Waals surface area (Å²) < 4.78 is 15.6. The van der Waals surface area contributed by atoms with Gasteiger partial charge in [0.25, 0.3) is 5.91 Å². The molecular weight excluding hydrogens is 358 g/mol.